The van der Waals surface area contributed by atoms with Crippen molar-refractivity contribution in [2.45, 2.75) is 52.2 Å². The Balaban J connectivity index is 3.08. The summed E-state index contributed by atoms with van der Waals surface area (Å²) >= 11 is 0. The molecular weight excluding hydrogens is 268 g/mol. The maximum atomic E-state index is 11.2. The molecule has 116 valence electrons. The Morgan fingerprint density at radius 2 is 1.95 bits per heavy atom. The van der Waals surface area contributed by atoms with Crippen molar-refractivity contribution < 1.29 is 20.1 Å². The molecule has 0 radical (unpaired) electrons. The first kappa shape index (κ1) is 17.4. The van der Waals surface area contributed by atoms with Gasteiger partial charge in [0.1, 0.15) is 5.75 Å². The number of rotatable bonds is 7. The van der Waals surface area contributed by atoms with E-state index >= 15 is 0 Å². The van der Waals surface area contributed by atoms with Crippen molar-refractivity contribution in [2.24, 2.45) is 0 Å². The van der Waals surface area contributed by atoms with Crippen molar-refractivity contribution in [3.05, 3.63) is 40.5 Å². The molecule has 1 aromatic carbocycles. The maximum Gasteiger partial charge on any atom is 0.154 e. The fourth-order valence-corrected chi connectivity index (χ4v) is 2.16. The monoisotopic (exact) mass is 292 g/mol. The summed E-state index contributed by atoms with van der Waals surface area (Å²) in [5.41, 5.74) is 3.13. The Morgan fingerprint density at radius 1 is 1.29 bits per heavy atom. The molecule has 0 aliphatic rings. The summed E-state index contributed by atoms with van der Waals surface area (Å²) in [6.07, 6.45) is 2.47. The van der Waals surface area contributed by atoms with E-state index in [-0.39, 0.29) is 11.3 Å². The molecule has 21 heavy (non-hydrogen) atoms. The molecule has 0 amide bonds. The molecule has 0 saturated heterocycles. The lowest BCUT2D eigenvalue weighted by Crippen LogP contribution is -2.23. The van der Waals surface area contributed by atoms with E-state index in [2.05, 4.69) is 6.08 Å². The Bertz CT molecular complexity index is 514. The SMILES string of the molecule is CC(C)=CCc1ccc(O)c(C=O)c1CC[C@@H](O)[C@@H](C)O. The van der Waals surface area contributed by atoms with Gasteiger partial charge in [0.15, 0.2) is 6.29 Å². The van der Waals surface area contributed by atoms with Crippen molar-refractivity contribution in [2.75, 3.05) is 0 Å². The third-order valence-corrected chi connectivity index (χ3v) is 3.53. The highest BCUT2D eigenvalue weighted by atomic mass is 16.3. The molecule has 4 nitrogen and oxygen atoms in total. The van der Waals surface area contributed by atoms with Crippen molar-refractivity contribution in [1.29, 1.82) is 0 Å². The predicted octanol–water partition coefficient (Wildman–Crippen LogP) is 2.39. The lowest BCUT2D eigenvalue weighted by molar-refractivity contribution is 0.0264. The van der Waals surface area contributed by atoms with Crippen LogP contribution in [0, 0.1) is 0 Å². The Kier molecular flexibility index (Phi) is 6.59. The van der Waals surface area contributed by atoms with Gasteiger partial charge in [-0.2, -0.15) is 0 Å². The van der Waals surface area contributed by atoms with Crippen LogP contribution in [0.15, 0.2) is 23.8 Å². The highest BCUT2D eigenvalue weighted by Crippen LogP contribution is 2.26. The normalized spacial score (nSPS) is 13.6. The summed E-state index contributed by atoms with van der Waals surface area (Å²) in [5.74, 6) is -0.0486. The quantitative estimate of drug-likeness (QED) is 0.532. The van der Waals surface area contributed by atoms with E-state index in [1.54, 1.807) is 6.07 Å². The fourth-order valence-electron chi connectivity index (χ4n) is 2.16. The molecule has 0 aliphatic heterocycles. The highest BCUT2D eigenvalue weighted by Gasteiger charge is 2.16. The van der Waals surface area contributed by atoms with Gasteiger partial charge in [0.2, 0.25) is 0 Å². The van der Waals surface area contributed by atoms with Gasteiger partial charge in [-0.1, -0.05) is 17.7 Å². The zero-order chi connectivity index (χ0) is 16.0. The standard InChI is InChI=1S/C17H24O4/c1-11(2)4-5-13-6-8-17(21)15(10-18)14(13)7-9-16(20)12(3)19/h4,6,8,10,12,16,19-21H,5,7,9H2,1-3H3/t12-,16-/m1/s1. The lowest BCUT2D eigenvalue weighted by Gasteiger charge is -2.16. The number of carbonyl (C=O) groups is 1. The van der Waals surface area contributed by atoms with Crippen molar-refractivity contribution >= 4 is 6.29 Å². The summed E-state index contributed by atoms with van der Waals surface area (Å²) in [6, 6.07) is 3.32. The fraction of sp³-hybridized carbons (Fsp3) is 0.471. The largest absolute Gasteiger partial charge is 0.507 e. The minimum absolute atomic E-state index is 0.0486. The number of aliphatic hydroxyl groups is 2. The number of hydrogen-bond donors (Lipinski definition) is 3. The van der Waals surface area contributed by atoms with E-state index in [1.165, 1.54) is 18.6 Å². The van der Waals surface area contributed by atoms with Crippen LogP contribution >= 0.6 is 0 Å². The molecule has 3 N–H and O–H groups in total. The summed E-state index contributed by atoms with van der Waals surface area (Å²) in [4.78, 5) is 11.2. The number of phenols is 1. The average Bonchev–Trinajstić information content (AvgIpc) is 2.43. The number of carbonyl (C=O) groups excluding carboxylic acids is 1. The van der Waals surface area contributed by atoms with Gasteiger partial charge >= 0.3 is 0 Å². The molecule has 0 aromatic heterocycles. The first-order valence-electron chi connectivity index (χ1n) is 7.15. The van der Waals surface area contributed by atoms with Crippen LogP contribution < -0.4 is 0 Å². The zero-order valence-electron chi connectivity index (χ0n) is 12.8. The molecule has 0 saturated carbocycles. The summed E-state index contributed by atoms with van der Waals surface area (Å²) in [6.45, 7) is 5.52. The number of benzene rings is 1. The molecule has 1 rings (SSSR count). The van der Waals surface area contributed by atoms with Crippen LogP contribution in [0.25, 0.3) is 0 Å². The molecule has 1 aromatic rings. The highest BCUT2D eigenvalue weighted by molar-refractivity contribution is 5.82. The van der Waals surface area contributed by atoms with E-state index in [0.29, 0.717) is 25.5 Å². The summed E-state index contributed by atoms with van der Waals surface area (Å²) < 4.78 is 0. The summed E-state index contributed by atoms with van der Waals surface area (Å²) in [5, 5.41) is 28.9. The number of aliphatic hydroxyl groups excluding tert-OH is 2. The molecule has 2 atom stereocenters. The van der Waals surface area contributed by atoms with Gasteiger partial charge in [-0.25, -0.2) is 0 Å². The van der Waals surface area contributed by atoms with Crippen LogP contribution in [0.5, 0.6) is 5.75 Å². The van der Waals surface area contributed by atoms with Gasteiger partial charge in [0.25, 0.3) is 0 Å². The van der Waals surface area contributed by atoms with Crippen LogP contribution in [0.4, 0.5) is 0 Å². The molecule has 0 heterocycles. The van der Waals surface area contributed by atoms with E-state index in [9.17, 15) is 20.1 Å². The lowest BCUT2D eigenvalue weighted by atomic mass is 9.92. The number of hydrogen-bond acceptors (Lipinski definition) is 4. The number of phenolic OH excluding ortho intramolecular Hbond substituents is 1. The first-order chi connectivity index (χ1) is 9.86. The Morgan fingerprint density at radius 3 is 2.48 bits per heavy atom. The minimum Gasteiger partial charge on any atom is -0.507 e. The van der Waals surface area contributed by atoms with Crippen LogP contribution in [-0.2, 0) is 12.8 Å². The first-order valence-corrected chi connectivity index (χ1v) is 7.15. The van der Waals surface area contributed by atoms with Gasteiger partial charge in [-0.05, 0) is 57.2 Å². The number of allylic oxidation sites excluding steroid dienone is 2. The van der Waals surface area contributed by atoms with Crippen LogP contribution in [-0.4, -0.2) is 33.8 Å². The van der Waals surface area contributed by atoms with Crippen molar-refractivity contribution in [3.8, 4) is 5.75 Å². The van der Waals surface area contributed by atoms with E-state index < -0.39 is 12.2 Å². The van der Waals surface area contributed by atoms with E-state index in [1.807, 2.05) is 13.8 Å². The minimum atomic E-state index is -0.844. The third-order valence-electron chi connectivity index (χ3n) is 3.53. The molecule has 0 aliphatic carbocycles. The van der Waals surface area contributed by atoms with Gasteiger partial charge in [-0.15, -0.1) is 0 Å². The second kappa shape index (κ2) is 7.96. The molecule has 0 unspecified atom stereocenters. The van der Waals surface area contributed by atoms with E-state index in [0.717, 1.165) is 11.1 Å². The van der Waals surface area contributed by atoms with Gasteiger partial charge in [0.05, 0.1) is 17.8 Å². The third kappa shape index (κ3) is 4.99. The van der Waals surface area contributed by atoms with Gasteiger partial charge in [0, 0.05) is 0 Å². The molecule has 0 bridgehead atoms. The second-order valence-electron chi connectivity index (χ2n) is 5.59. The van der Waals surface area contributed by atoms with Crippen LogP contribution in [0.3, 0.4) is 0 Å². The van der Waals surface area contributed by atoms with Crippen molar-refractivity contribution in [1.82, 2.24) is 0 Å². The molecule has 0 fully saturated rings. The predicted molar refractivity (Wildman–Crippen MR) is 82.6 cm³/mol. The Hall–Kier alpha value is -1.65. The smallest absolute Gasteiger partial charge is 0.154 e. The number of aldehydes is 1. The van der Waals surface area contributed by atoms with E-state index in [4.69, 9.17) is 0 Å². The van der Waals surface area contributed by atoms with Gasteiger partial charge in [-0.3, -0.25) is 4.79 Å². The Labute approximate surface area is 125 Å². The summed E-state index contributed by atoms with van der Waals surface area (Å²) in [7, 11) is 0. The van der Waals surface area contributed by atoms with Crippen LogP contribution in [0.2, 0.25) is 0 Å². The average molecular weight is 292 g/mol. The van der Waals surface area contributed by atoms with Gasteiger partial charge < -0.3 is 15.3 Å². The second-order valence-corrected chi connectivity index (χ2v) is 5.59. The molecule has 0 spiro atoms. The maximum absolute atomic E-state index is 11.2. The number of aromatic hydroxyl groups is 1. The topological polar surface area (TPSA) is 77.8 Å². The molecule has 4 heteroatoms. The zero-order valence-corrected chi connectivity index (χ0v) is 12.8. The van der Waals surface area contributed by atoms with Crippen LogP contribution in [0.1, 0.15) is 48.7 Å². The molecular formula is C17H24O4. The van der Waals surface area contributed by atoms with Crippen molar-refractivity contribution in [3.63, 3.8) is 0 Å².